The van der Waals surface area contributed by atoms with Gasteiger partial charge in [0.25, 0.3) is 5.91 Å². The summed E-state index contributed by atoms with van der Waals surface area (Å²) in [6, 6.07) is 3.51. The largest absolute Gasteiger partial charge is 0.480 e. The van der Waals surface area contributed by atoms with E-state index >= 15 is 0 Å². The standard InChI is InChI=1S/C13H11NO6/c15-8-4-9(13(17)18)14(5-8)12(16)7-1-2-10-11(3-7)20-6-19-10/h1-3,9H,4-6H2,(H,17,18). The molecule has 104 valence electrons. The lowest BCUT2D eigenvalue weighted by Gasteiger charge is -2.20. The Morgan fingerprint density at radius 2 is 2.00 bits per heavy atom. The van der Waals surface area contributed by atoms with Crippen molar-refractivity contribution in [3.8, 4) is 11.5 Å². The van der Waals surface area contributed by atoms with Gasteiger partial charge in [-0.2, -0.15) is 0 Å². The van der Waals surface area contributed by atoms with Crippen molar-refractivity contribution in [1.29, 1.82) is 0 Å². The van der Waals surface area contributed by atoms with Crippen molar-refractivity contribution in [2.75, 3.05) is 13.3 Å². The number of carboxylic acid groups (broad SMARTS) is 1. The minimum absolute atomic E-state index is 0.0902. The van der Waals surface area contributed by atoms with E-state index in [-0.39, 0.29) is 31.1 Å². The van der Waals surface area contributed by atoms with Gasteiger partial charge in [0.05, 0.1) is 6.54 Å². The van der Waals surface area contributed by atoms with Crippen molar-refractivity contribution in [3.05, 3.63) is 23.8 Å². The number of amides is 1. The quantitative estimate of drug-likeness (QED) is 0.834. The predicted octanol–water partition coefficient (Wildman–Crippen LogP) is 0.283. The van der Waals surface area contributed by atoms with Gasteiger partial charge in [-0.3, -0.25) is 9.59 Å². The Balaban J connectivity index is 1.88. The Morgan fingerprint density at radius 1 is 1.25 bits per heavy atom. The molecule has 0 spiro atoms. The predicted molar refractivity (Wildman–Crippen MR) is 64.6 cm³/mol. The monoisotopic (exact) mass is 277 g/mol. The summed E-state index contributed by atoms with van der Waals surface area (Å²) in [6.45, 7) is -0.0861. The van der Waals surface area contributed by atoms with Crippen LogP contribution in [0, 0.1) is 0 Å². The lowest BCUT2D eigenvalue weighted by Crippen LogP contribution is -2.40. The molecule has 0 radical (unpaired) electrons. The molecule has 1 atom stereocenters. The van der Waals surface area contributed by atoms with Crippen LogP contribution in [0.5, 0.6) is 11.5 Å². The van der Waals surface area contributed by atoms with E-state index < -0.39 is 17.9 Å². The van der Waals surface area contributed by atoms with Crippen LogP contribution in [0.3, 0.4) is 0 Å². The number of nitrogens with zero attached hydrogens (tertiary/aromatic N) is 1. The minimum Gasteiger partial charge on any atom is -0.480 e. The van der Waals surface area contributed by atoms with E-state index in [1.54, 1.807) is 6.07 Å². The number of carboxylic acids is 1. The first-order valence-corrected chi connectivity index (χ1v) is 6.01. The van der Waals surface area contributed by atoms with Crippen molar-refractivity contribution < 1.29 is 29.0 Å². The summed E-state index contributed by atoms with van der Waals surface area (Å²) >= 11 is 0. The third-order valence-electron chi connectivity index (χ3n) is 3.31. The molecule has 1 aromatic carbocycles. The maximum atomic E-state index is 12.3. The van der Waals surface area contributed by atoms with Crippen LogP contribution in [0.2, 0.25) is 0 Å². The number of fused-ring (bicyclic) bond motifs is 1. The van der Waals surface area contributed by atoms with E-state index in [0.29, 0.717) is 11.5 Å². The number of likely N-dealkylation sites (tertiary alicyclic amines) is 1. The molecule has 1 saturated heterocycles. The smallest absolute Gasteiger partial charge is 0.326 e. The van der Waals surface area contributed by atoms with Gasteiger partial charge in [0.15, 0.2) is 17.3 Å². The van der Waals surface area contributed by atoms with E-state index in [9.17, 15) is 14.4 Å². The average molecular weight is 277 g/mol. The van der Waals surface area contributed by atoms with Gasteiger partial charge in [0.2, 0.25) is 6.79 Å². The molecule has 0 aliphatic carbocycles. The summed E-state index contributed by atoms with van der Waals surface area (Å²) < 4.78 is 10.3. The number of hydrogen-bond acceptors (Lipinski definition) is 5. The number of benzene rings is 1. The van der Waals surface area contributed by atoms with Gasteiger partial charge >= 0.3 is 5.97 Å². The molecule has 1 N–H and O–H groups in total. The molecule has 20 heavy (non-hydrogen) atoms. The Labute approximate surface area is 113 Å². The summed E-state index contributed by atoms with van der Waals surface area (Å²) in [6.07, 6.45) is -0.147. The second-order valence-corrected chi connectivity index (χ2v) is 4.60. The summed E-state index contributed by atoms with van der Waals surface area (Å²) in [5.41, 5.74) is 0.273. The third-order valence-corrected chi connectivity index (χ3v) is 3.31. The number of ketones is 1. The van der Waals surface area contributed by atoms with Crippen LogP contribution in [0.25, 0.3) is 0 Å². The number of rotatable bonds is 2. The van der Waals surface area contributed by atoms with Crippen molar-refractivity contribution in [3.63, 3.8) is 0 Å². The molecule has 7 heteroatoms. The molecule has 3 rings (SSSR count). The van der Waals surface area contributed by atoms with E-state index in [4.69, 9.17) is 14.6 Å². The maximum absolute atomic E-state index is 12.3. The second-order valence-electron chi connectivity index (χ2n) is 4.60. The Bertz CT molecular complexity index is 611. The number of aliphatic carboxylic acids is 1. The Kier molecular flexibility index (Phi) is 2.81. The first kappa shape index (κ1) is 12.5. The number of Topliss-reactive ketones (excluding diaryl/α,β-unsaturated/α-hetero) is 1. The third kappa shape index (κ3) is 1.97. The highest BCUT2D eigenvalue weighted by atomic mass is 16.7. The summed E-state index contributed by atoms with van der Waals surface area (Å²) in [7, 11) is 0. The summed E-state index contributed by atoms with van der Waals surface area (Å²) in [4.78, 5) is 35.9. The van der Waals surface area contributed by atoms with E-state index in [2.05, 4.69) is 0 Å². The molecule has 0 saturated carbocycles. The highest BCUT2D eigenvalue weighted by Gasteiger charge is 2.39. The van der Waals surface area contributed by atoms with E-state index in [1.165, 1.54) is 12.1 Å². The summed E-state index contributed by atoms with van der Waals surface area (Å²) in [5.74, 6) is -0.958. The number of hydrogen-bond donors (Lipinski definition) is 1. The number of carbonyl (C=O) groups excluding carboxylic acids is 2. The molecule has 7 nitrogen and oxygen atoms in total. The fraction of sp³-hybridized carbons (Fsp3) is 0.308. The van der Waals surface area contributed by atoms with Gasteiger partial charge in [0, 0.05) is 12.0 Å². The van der Waals surface area contributed by atoms with Crippen LogP contribution in [-0.4, -0.2) is 47.0 Å². The van der Waals surface area contributed by atoms with Crippen LogP contribution in [0.4, 0.5) is 0 Å². The molecular formula is C13H11NO6. The van der Waals surface area contributed by atoms with Gasteiger partial charge in [-0.15, -0.1) is 0 Å². The molecule has 2 aliphatic heterocycles. The molecule has 2 heterocycles. The van der Waals surface area contributed by atoms with Crippen LogP contribution in [-0.2, 0) is 9.59 Å². The minimum atomic E-state index is -1.18. The first-order valence-electron chi connectivity index (χ1n) is 6.01. The highest BCUT2D eigenvalue weighted by Crippen LogP contribution is 2.33. The van der Waals surface area contributed by atoms with Crippen molar-refractivity contribution >= 4 is 17.7 Å². The normalized spacial score (nSPS) is 20.3. The topological polar surface area (TPSA) is 93.1 Å². The number of carbonyl (C=O) groups is 3. The van der Waals surface area contributed by atoms with Gasteiger partial charge in [-0.05, 0) is 18.2 Å². The zero-order chi connectivity index (χ0) is 14.3. The van der Waals surface area contributed by atoms with Gasteiger partial charge < -0.3 is 19.5 Å². The Hall–Kier alpha value is -2.57. The molecular weight excluding hydrogens is 266 g/mol. The van der Waals surface area contributed by atoms with Gasteiger partial charge in [0.1, 0.15) is 6.04 Å². The molecule has 1 unspecified atom stereocenters. The number of ether oxygens (including phenoxy) is 2. The van der Waals surface area contributed by atoms with Crippen LogP contribution < -0.4 is 9.47 Å². The zero-order valence-electron chi connectivity index (χ0n) is 10.4. The molecule has 2 aliphatic rings. The van der Waals surface area contributed by atoms with Crippen molar-refractivity contribution in [2.45, 2.75) is 12.5 Å². The fourth-order valence-electron chi connectivity index (χ4n) is 2.32. The van der Waals surface area contributed by atoms with E-state index in [0.717, 1.165) is 4.90 Å². The molecule has 1 amide bonds. The molecule has 1 aromatic rings. The van der Waals surface area contributed by atoms with Crippen LogP contribution >= 0.6 is 0 Å². The molecule has 0 bridgehead atoms. The van der Waals surface area contributed by atoms with Crippen molar-refractivity contribution in [2.24, 2.45) is 0 Å². The fourth-order valence-corrected chi connectivity index (χ4v) is 2.32. The lowest BCUT2D eigenvalue weighted by molar-refractivity contribution is -0.141. The van der Waals surface area contributed by atoms with E-state index in [1.807, 2.05) is 0 Å². The van der Waals surface area contributed by atoms with Crippen LogP contribution in [0.1, 0.15) is 16.8 Å². The molecule has 1 fully saturated rings. The lowest BCUT2D eigenvalue weighted by atomic mass is 10.1. The summed E-state index contributed by atoms with van der Waals surface area (Å²) in [5, 5.41) is 9.06. The first-order chi connectivity index (χ1) is 9.56. The van der Waals surface area contributed by atoms with Crippen molar-refractivity contribution in [1.82, 2.24) is 4.90 Å². The second kappa shape index (κ2) is 4.52. The average Bonchev–Trinajstić information content (AvgIpc) is 3.02. The maximum Gasteiger partial charge on any atom is 0.326 e. The van der Waals surface area contributed by atoms with Gasteiger partial charge in [-0.1, -0.05) is 0 Å². The molecule has 0 aromatic heterocycles. The van der Waals surface area contributed by atoms with Gasteiger partial charge in [-0.25, -0.2) is 4.79 Å². The highest BCUT2D eigenvalue weighted by molar-refractivity contribution is 6.03. The Morgan fingerprint density at radius 3 is 2.75 bits per heavy atom. The zero-order valence-corrected chi connectivity index (χ0v) is 10.4. The SMILES string of the molecule is O=C1CC(C(=O)O)N(C(=O)c2ccc3c(c2)OCO3)C1. The van der Waals surface area contributed by atoms with Crippen LogP contribution in [0.15, 0.2) is 18.2 Å².